The van der Waals surface area contributed by atoms with Gasteiger partial charge in [-0.1, -0.05) is 48.5 Å². The van der Waals surface area contributed by atoms with Crippen LogP contribution < -0.4 is 10.2 Å². The third kappa shape index (κ3) is 5.17. The first-order valence-corrected chi connectivity index (χ1v) is 12.2. The number of benzene rings is 2. The van der Waals surface area contributed by atoms with E-state index in [2.05, 4.69) is 48.0 Å². The number of ether oxygens (including phenoxy) is 1. The SMILES string of the molecule is CCOC(=O)c1cnc(N2CCCCC2)nc1NCc1ccc(-c2ccccc2-c2nn[nH]n2)cc1. The third-order valence-corrected chi connectivity index (χ3v) is 6.15. The number of carbonyl (C=O) groups excluding carboxylic acids is 1. The lowest BCUT2D eigenvalue weighted by Crippen LogP contribution is -2.31. The van der Waals surface area contributed by atoms with Crippen LogP contribution in [0.25, 0.3) is 22.5 Å². The number of hydrogen-bond acceptors (Lipinski definition) is 9. The summed E-state index contributed by atoms with van der Waals surface area (Å²) in [6.45, 7) is 4.41. The van der Waals surface area contributed by atoms with Crippen molar-refractivity contribution >= 4 is 17.7 Å². The molecular formula is C26H28N8O2. The van der Waals surface area contributed by atoms with Crippen LogP contribution in [0, 0.1) is 0 Å². The van der Waals surface area contributed by atoms with Crippen LogP contribution in [-0.4, -0.2) is 56.3 Å². The highest BCUT2D eigenvalue weighted by molar-refractivity contribution is 5.94. The van der Waals surface area contributed by atoms with Crippen LogP contribution in [0.4, 0.5) is 11.8 Å². The van der Waals surface area contributed by atoms with Crippen molar-refractivity contribution in [3.8, 4) is 22.5 Å². The quantitative estimate of drug-likeness (QED) is 0.356. The molecule has 1 aliphatic rings. The molecule has 2 N–H and O–H groups in total. The zero-order valence-electron chi connectivity index (χ0n) is 20.1. The van der Waals surface area contributed by atoms with Crippen molar-refractivity contribution < 1.29 is 9.53 Å². The maximum Gasteiger partial charge on any atom is 0.343 e. The lowest BCUT2D eigenvalue weighted by atomic mass is 9.98. The molecule has 2 aromatic heterocycles. The van der Waals surface area contributed by atoms with Gasteiger partial charge < -0.3 is 15.0 Å². The van der Waals surface area contributed by atoms with Gasteiger partial charge >= 0.3 is 5.97 Å². The first-order chi connectivity index (χ1) is 17.7. The Hall–Kier alpha value is -4.34. The molecule has 1 fully saturated rings. The van der Waals surface area contributed by atoms with Gasteiger partial charge in [0, 0.05) is 31.4 Å². The largest absolute Gasteiger partial charge is 0.462 e. The summed E-state index contributed by atoms with van der Waals surface area (Å²) in [5.74, 6) is 1.24. The minimum absolute atomic E-state index is 0.291. The third-order valence-electron chi connectivity index (χ3n) is 6.15. The monoisotopic (exact) mass is 484 g/mol. The van der Waals surface area contributed by atoms with Gasteiger partial charge in [-0.25, -0.2) is 9.78 Å². The predicted octanol–water partition coefficient (Wildman–Crippen LogP) is 4.10. The summed E-state index contributed by atoms with van der Waals surface area (Å²) in [5.41, 5.74) is 4.35. The molecule has 10 heteroatoms. The number of aromatic amines is 1. The summed E-state index contributed by atoms with van der Waals surface area (Å²) in [7, 11) is 0. The van der Waals surface area contributed by atoms with Gasteiger partial charge in [-0.2, -0.15) is 10.2 Å². The predicted molar refractivity (Wildman–Crippen MR) is 136 cm³/mol. The van der Waals surface area contributed by atoms with Gasteiger partial charge in [0.25, 0.3) is 0 Å². The number of anilines is 2. The number of nitrogens with zero attached hydrogens (tertiary/aromatic N) is 6. The number of esters is 1. The molecule has 0 amide bonds. The number of piperidine rings is 1. The zero-order chi connectivity index (χ0) is 24.7. The molecule has 0 spiro atoms. The highest BCUT2D eigenvalue weighted by Gasteiger charge is 2.20. The average molecular weight is 485 g/mol. The Morgan fingerprint density at radius 1 is 1.06 bits per heavy atom. The number of H-pyrrole nitrogens is 1. The van der Waals surface area contributed by atoms with Crippen LogP contribution in [-0.2, 0) is 11.3 Å². The van der Waals surface area contributed by atoms with E-state index >= 15 is 0 Å². The maximum absolute atomic E-state index is 12.5. The number of hydrogen-bond donors (Lipinski definition) is 2. The Morgan fingerprint density at radius 3 is 2.56 bits per heavy atom. The molecule has 4 aromatic rings. The van der Waals surface area contributed by atoms with Gasteiger partial charge in [-0.3, -0.25) is 0 Å². The van der Waals surface area contributed by atoms with Crippen molar-refractivity contribution in [2.45, 2.75) is 32.7 Å². The summed E-state index contributed by atoms with van der Waals surface area (Å²) in [6.07, 6.45) is 5.02. The lowest BCUT2D eigenvalue weighted by molar-refractivity contribution is 0.0526. The first-order valence-electron chi connectivity index (χ1n) is 12.2. The summed E-state index contributed by atoms with van der Waals surface area (Å²) in [4.78, 5) is 23.8. The van der Waals surface area contributed by atoms with Crippen LogP contribution in [0.3, 0.4) is 0 Å². The second-order valence-corrected chi connectivity index (χ2v) is 8.53. The van der Waals surface area contributed by atoms with Crippen molar-refractivity contribution in [2.24, 2.45) is 0 Å². The Labute approximate surface area is 209 Å². The van der Waals surface area contributed by atoms with Crippen LogP contribution in [0.5, 0.6) is 0 Å². The van der Waals surface area contributed by atoms with Crippen molar-refractivity contribution in [3.63, 3.8) is 0 Å². The highest BCUT2D eigenvalue weighted by atomic mass is 16.5. The summed E-state index contributed by atoms with van der Waals surface area (Å²) in [5, 5.41) is 17.8. The summed E-state index contributed by atoms with van der Waals surface area (Å²) >= 11 is 0. The smallest absolute Gasteiger partial charge is 0.343 e. The topological polar surface area (TPSA) is 122 Å². The van der Waals surface area contributed by atoms with E-state index in [9.17, 15) is 4.79 Å². The number of rotatable bonds is 8. The molecule has 0 saturated carbocycles. The molecule has 0 unspecified atom stereocenters. The molecule has 0 aliphatic carbocycles. The Bertz CT molecular complexity index is 1300. The number of carbonyl (C=O) groups is 1. The molecule has 184 valence electrons. The molecule has 36 heavy (non-hydrogen) atoms. The Kier molecular flexibility index (Phi) is 7.11. The molecular weight excluding hydrogens is 456 g/mol. The van der Waals surface area contributed by atoms with Crippen molar-refractivity contribution in [2.75, 3.05) is 29.9 Å². The van der Waals surface area contributed by atoms with E-state index in [1.807, 2.05) is 36.4 Å². The standard InChI is InChI=1S/C26H28N8O2/c1-2-36-25(35)22-17-28-26(34-14-6-3-7-15-34)29-23(22)27-16-18-10-12-19(13-11-18)20-8-4-5-9-21(20)24-30-32-33-31-24/h4-5,8-13,17H,2-3,6-7,14-16H2,1H3,(H,27,28,29)(H,30,31,32,33). The molecule has 1 saturated heterocycles. The molecule has 0 atom stereocenters. The number of aromatic nitrogens is 6. The van der Waals surface area contributed by atoms with E-state index in [1.165, 1.54) is 6.42 Å². The lowest BCUT2D eigenvalue weighted by Gasteiger charge is -2.27. The number of tetrazole rings is 1. The molecule has 0 radical (unpaired) electrons. The highest BCUT2D eigenvalue weighted by Crippen LogP contribution is 2.30. The summed E-state index contributed by atoms with van der Waals surface area (Å²) < 4.78 is 5.22. The minimum atomic E-state index is -0.432. The zero-order valence-corrected chi connectivity index (χ0v) is 20.1. The van der Waals surface area contributed by atoms with Gasteiger partial charge in [0.15, 0.2) is 0 Å². The fourth-order valence-corrected chi connectivity index (χ4v) is 4.31. The van der Waals surface area contributed by atoms with Gasteiger partial charge in [-0.15, -0.1) is 10.2 Å². The van der Waals surface area contributed by atoms with E-state index in [0.29, 0.717) is 36.3 Å². The van der Waals surface area contributed by atoms with E-state index in [0.717, 1.165) is 48.2 Å². The second kappa shape index (κ2) is 10.9. The van der Waals surface area contributed by atoms with Crippen LogP contribution >= 0.6 is 0 Å². The summed E-state index contributed by atoms with van der Waals surface area (Å²) in [6, 6.07) is 16.2. The fraction of sp³-hybridized carbons (Fsp3) is 0.308. The molecule has 2 aromatic carbocycles. The molecule has 1 aliphatic heterocycles. The van der Waals surface area contributed by atoms with E-state index in [1.54, 1.807) is 13.1 Å². The van der Waals surface area contributed by atoms with E-state index < -0.39 is 5.97 Å². The van der Waals surface area contributed by atoms with Crippen LogP contribution in [0.1, 0.15) is 42.1 Å². The normalized spacial score (nSPS) is 13.4. The minimum Gasteiger partial charge on any atom is -0.462 e. The van der Waals surface area contributed by atoms with Gasteiger partial charge in [0.1, 0.15) is 11.4 Å². The van der Waals surface area contributed by atoms with Crippen molar-refractivity contribution in [1.29, 1.82) is 0 Å². The van der Waals surface area contributed by atoms with Crippen LogP contribution in [0.2, 0.25) is 0 Å². The molecule has 5 rings (SSSR count). The van der Waals surface area contributed by atoms with Gasteiger partial charge in [0.05, 0.1) is 6.61 Å². The molecule has 3 heterocycles. The molecule has 10 nitrogen and oxygen atoms in total. The van der Waals surface area contributed by atoms with E-state index in [4.69, 9.17) is 9.72 Å². The van der Waals surface area contributed by atoms with Crippen molar-refractivity contribution in [1.82, 2.24) is 30.6 Å². The average Bonchev–Trinajstić information content (AvgIpc) is 3.48. The van der Waals surface area contributed by atoms with Crippen LogP contribution in [0.15, 0.2) is 54.7 Å². The van der Waals surface area contributed by atoms with Gasteiger partial charge in [0.2, 0.25) is 11.8 Å². The van der Waals surface area contributed by atoms with E-state index in [-0.39, 0.29) is 0 Å². The van der Waals surface area contributed by atoms with Crippen molar-refractivity contribution in [3.05, 3.63) is 65.9 Å². The first kappa shape index (κ1) is 23.4. The second-order valence-electron chi connectivity index (χ2n) is 8.53. The molecule has 0 bridgehead atoms. The Morgan fingerprint density at radius 2 is 1.83 bits per heavy atom. The fourth-order valence-electron chi connectivity index (χ4n) is 4.31. The number of nitrogens with one attached hydrogen (secondary N) is 2. The Balaban J connectivity index is 1.35. The van der Waals surface area contributed by atoms with Gasteiger partial charge in [-0.05, 0) is 48.1 Å². The maximum atomic E-state index is 12.5.